The fourth-order valence-corrected chi connectivity index (χ4v) is 2.70. The van der Waals surface area contributed by atoms with Gasteiger partial charge >= 0.3 is 0 Å². The molecule has 6 heteroatoms. The van der Waals surface area contributed by atoms with Crippen LogP contribution in [0.5, 0.6) is 0 Å². The summed E-state index contributed by atoms with van der Waals surface area (Å²) in [6, 6.07) is 14.7. The van der Waals surface area contributed by atoms with Crippen LogP contribution < -0.4 is 11.0 Å². The van der Waals surface area contributed by atoms with E-state index in [0.29, 0.717) is 28.4 Å². The summed E-state index contributed by atoms with van der Waals surface area (Å²) >= 11 is 6.12. The minimum atomic E-state index is -0.0607. The third kappa shape index (κ3) is 3.88. The lowest BCUT2D eigenvalue weighted by Crippen LogP contribution is -2.24. The maximum absolute atomic E-state index is 12.8. The van der Waals surface area contributed by atoms with E-state index in [1.165, 1.54) is 0 Å². The molecule has 0 aliphatic rings. The topological polar surface area (TPSA) is 59.3 Å². The van der Waals surface area contributed by atoms with Crippen LogP contribution in [0.4, 0.5) is 5.95 Å². The van der Waals surface area contributed by atoms with Crippen LogP contribution >= 0.6 is 11.6 Å². The first-order chi connectivity index (χ1) is 12.2. The van der Waals surface area contributed by atoms with Crippen LogP contribution in [-0.4, -0.2) is 15.8 Å². The molecule has 0 saturated carbocycles. The average Bonchev–Trinajstić information content (AvgIpc) is 2.63. The molecule has 1 heterocycles. The van der Waals surface area contributed by atoms with Crippen molar-refractivity contribution in [2.45, 2.75) is 26.3 Å². The van der Waals surface area contributed by atoms with Crippen molar-refractivity contribution in [1.82, 2.24) is 9.55 Å². The molecular formula is C19H19ClN4O. The fraction of sp³-hybridized carbons (Fsp3) is 0.211. The van der Waals surface area contributed by atoms with Crippen LogP contribution in [0.15, 0.2) is 58.4 Å². The highest BCUT2D eigenvalue weighted by Crippen LogP contribution is 2.14. The highest BCUT2D eigenvalue weighted by Gasteiger charge is 2.09. The van der Waals surface area contributed by atoms with E-state index in [-0.39, 0.29) is 5.56 Å². The number of hydrazone groups is 1. The Balaban J connectivity index is 1.96. The second-order valence-electron chi connectivity index (χ2n) is 5.65. The normalized spacial score (nSPS) is 11.3. The summed E-state index contributed by atoms with van der Waals surface area (Å²) in [5.74, 6) is 0.431. The number of nitrogens with zero attached hydrogens (tertiary/aromatic N) is 3. The number of anilines is 1. The molecule has 2 aromatic carbocycles. The summed E-state index contributed by atoms with van der Waals surface area (Å²) in [7, 11) is 0. The molecule has 1 aromatic heterocycles. The molecule has 0 fully saturated rings. The van der Waals surface area contributed by atoms with Gasteiger partial charge in [-0.05, 0) is 24.6 Å². The summed E-state index contributed by atoms with van der Waals surface area (Å²) in [6.07, 6.45) is 3.50. The van der Waals surface area contributed by atoms with Crippen molar-refractivity contribution in [3.63, 3.8) is 0 Å². The Hall–Kier alpha value is -2.66. The van der Waals surface area contributed by atoms with E-state index in [2.05, 4.69) is 22.4 Å². The second-order valence-corrected chi connectivity index (χ2v) is 6.06. The van der Waals surface area contributed by atoms with Crippen LogP contribution in [0, 0.1) is 0 Å². The van der Waals surface area contributed by atoms with Gasteiger partial charge in [0.1, 0.15) is 0 Å². The van der Waals surface area contributed by atoms with Gasteiger partial charge in [-0.2, -0.15) is 5.10 Å². The summed E-state index contributed by atoms with van der Waals surface area (Å²) < 4.78 is 1.63. The largest absolute Gasteiger partial charge is 0.277 e. The lowest BCUT2D eigenvalue weighted by molar-refractivity contribution is 0.614. The summed E-state index contributed by atoms with van der Waals surface area (Å²) in [5.41, 5.74) is 4.27. The fourth-order valence-electron chi connectivity index (χ4n) is 2.52. The number of para-hydroxylation sites is 1. The van der Waals surface area contributed by atoms with E-state index in [1.54, 1.807) is 22.9 Å². The molecular weight excluding hydrogens is 336 g/mol. The van der Waals surface area contributed by atoms with Gasteiger partial charge in [0.25, 0.3) is 5.56 Å². The van der Waals surface area contributed by atoms with E-state index in [4.69, 9.17) is 11.6 Å². The molecule has 5 nitrogen and oxygen atoms in total. The molecule has 128 valence electrons. The molecule has 0 aliphatic heterocycles. The summed E-state index contributed by atoms with van der Waals surface area (Å²) in [5, 5.41) is 5.43. The van der Waals surface area contributed by atoms with Crippen molar-refractivity contribution in [3.05, 3.63) is 69.5 Å². The van der Waals surface area contributed by atoms with Gasteiger partial charge in [-0.1, -0.05) is 55.3 Å². The van der Waals surface area contributed by atoms with E-state index < -0.39 is 0 Å². The number of hydrogen-bond acceptors (Lipinski definition) is 4. The van der Waals surface area contributed by atoms with Crippen molar-refractivity contribution >= 4 is 34.7 Å². The minimum Gasteiger partial charge on any atom is -0.277 e. The Kier molecular flexibility index (Phi) is 5.46. The maximum atomic E-state index is 12.8. The molecule has 0 unspecified atom stereocenters. The second kappa shape index (κ2) is 7.94. The Labute approximate surface area is 151 Å². The first-order valence-corrected chi connectivity index (χ1v) is 8.61. The third-order valence-electron chi connectivity index (χ3n) is 3.87. The zero-order valence-corrected chi connectivity index (χ0v) is 14.7. The van der Waals surface area contributed by atoms with E-state index in [9.17, 15) is 4.79 Å². The van der Waals surface area contributed by atoms with Crippen molar-refractivity contribution in [1.29, 1.82) is 0 Å². The number of fused-ring (bicyclic) bond motifs is 1. The smallest absolute Gasteiger partial charge is 0.262 e. The van der Waals surface area contributed by atoms with Gasteiger partial charge < -0.3 is 0 Å². The van der Waals surface area contributed by atoms with Gasteiger partial charge in [-0.25, -0.2) is 10.4 Å². The molecule has 0 saturated heterocycles. The third-order valence-corrected chi connectivity index (χ3v) is 4.21. The zero-order chi connectivity index (χ0) is 17.6. The lowest BCUT2D eigenvalue weighted by atomic mass is 10.2. The van der Waals surface area contributed by atoms with E-state index in [0.717, 1.165) is 18.4 Å². The first kappa shape index (κ1) is 17.2. The highest BCUT2D eigenvalue weighted by molar-refractivity contribution is 6.33. The van der Waals surface area contributed by atoms with Crippen LogP contribution in [0.3, 0.4) is 0 Å². The van der Waals surface area contributed by atoms with Crippen molar-refractivity contribution < 1.29 is 0 Å². The lowest BCUT2D eigenvalue weighted by Gasteiger charge is -2.12. The number of nitrogens with one attached hydrogen (secondary N) is 1. The number of hydrogen-bond donors (Lipinski definition) is 1. The molecule has 0 spiro atoms. The highest BCUT2D eigenvalue weighted by atomic mass is 35.5. The summed E-state index contributed by atoms with van der Waals surface area (Å²) in [6.45, 7) is 2.68. The molecule has 1 N–H and O–H groups in total. The van der Waals surface area contributed by atoms with Gasteiger partial charge in [-0.3, -0.25) is 9.36 Å². The standard InChI is InChI=1S/C19H19ClN4O/c1-2-3-12-24-18(25)15-9-5-7-11-17(15)22-19(24)23-21-13-14-8-4-6-10-16(14)20/h4-11,13H,2-3,12H2,1H3,(H,22,23)/b21-13+. The SMILES string of the molecule is CCCCn1c(N/N=C/c2ccccc2Cl)nc2ccccc2c1=O. The number of aromatic nitrogens is 2. The van der Waals surface area contributed by atoms with Gasteiger partial charge in [0.15, 0.2) is 0 Å². The number of rotatable bonds is 6. The van der Waals surface area contributed by atoms with Gasteiger partial charge in [0.2, 0.25) is 5.95 Å². The van der Waals surface area contributed by atoms with Crippen molar-refractivity contribution in [3.8, 4) is 0 Å². The Morgan fingerprint density at radius 1 is 1.20 bits per heavy atom. The van der Waals surface area contributed by atoms with Crippen molar-refractivity contribution in [2.24, 2.45) is 5.10 Å². The summed E-state index contributed by atoms with van der Waals surface area (Å²) in [4.78, 5) is 17.3. The first-order valence-electron chi connectivity index (χ1n) is 8.24. The molecule has 0 amide bonds. The van der Waals surface area contributed by atoms with Crippen molar-refractivity contribution in [2.75, 3.05) is 5.43 Å². The number of benzene rings is 2. The molecule has 0 atom stereocenters. The van der Waals surface area contributed by atoms with Gasteiger partial charge in [0.05, 0.1) is 17.1 Å². The van der Waals surface area contributed by atoms with Crippen LogP contribution in [-0.2, 0) is 6.54 Å². The molecule has 25 heavy (non-hydrogen) atoms. The molecule has 0 radical (unpaired) electrons. The predicted octanol–water partition coefficient (Wildman–Crippen LogP) is 4.30. The van der Waals surface area contributed by atoms with E-state index >= 15 is 0 Å². The molecule has 0 bridgehead atoms. The zero-order valence-electron chi connectivity index (χ0n) is 13.9. The van der Waals surface area contributed by atoms with Crippen LogP contribution in [0.1, 0.15) is 25.3 Å². The Morgan fingerprint density at radius 2 is 1.96 bits per heavy atom. The predicted molar refractivity (Wildman–Crippen MR) is 104 cm³/mol. The molecule has 3 rings (SSSR count). The Morgan fingerprint density at radius 3 is 2.76 bits per heavy atom. The van der Waals surface area contributed by atoms with E-state index in [1.807, 2.05) is 36.4 Å². The molecule has 0 aliphatic carbocycles. The average molecular weight is 355 g/mol. The molecule has 3 aromatic rings. The monoisotopic (exact) mass is 354 g/mol. The number of unbranched alkanes of at least 4 members (excludes halogenated alkanes) is 1. The van der Waals surface area contributed by atoms with Crippen LogP contribution in [0.25, 0.3) is 10.9 Å². The van der Waals surface area contributed by atoms with Gasteiger partial charge in [0, 0.05) is 17.1 Å². The quantitative estimate of drug-likeness (QED) is 0.530. The minimum absolute atomic E-state index is 0.0607. The maximum Gasteiger partial charge on any atom is 0.262 e. The van der Waals surface area contributed by atoms with Crippen LogP contribution in [0.2, 0.25) is 5.02 Å². The number of halogens is 1. The Bertz CT molecular complexity index is 965. The van der Waals surface area contributed by atoms with Gasteiger partial charge in [-0.15, -0.1) is 0 Å².